The number of carboxylic acids is 1. The van der Waals surface area contributed by atoms with Crippen LogP contribution in [0.2, 0.25) is 0 Å². The van der Waals surface area contributed by atoms with E-state index in [1.54, 1.807) is 12.1 Å². The van der Waals surface area contributed by atoms with E-state index in [0.29, 0.717) is 10.3 Å². The molecule has 0 saturated carbocycles. The first-order valence-corrected chi connectivity index (χ1v) is 5.47. The fraction of sp³-hybridized carbons (Fsp3) is 0.0909. The van der Waals surface area contributed by atoms with Gasteiger partial charge in [0.1, 0.15) is 12.9 Å². The standard InChI is InChI=1S/C11H8FNO3S/c1-16-13-10(11(14)15)9-5-6-4-7(12)2-3-8(6)17-9/h2-5H,1H3,(H,14,15)/b13-10+. The SMILES string of the molecule is CO/N=C(/C(=O)O)c1cc2cc(F)ccc2s1. The third-order valence-corrected chi connectivity index (χ3v) is 3.22. The zero-order chi connectivity index (χ0) is 12.4. The quantitative estimate of drug-likeness (QED) is 0.675. The van der Waals surface area contributed by atoms with Crippen molar-refractivity contribution in [2.45, 2.75) is 0 Å². The van der Waals surface area contributed by atoms with Gasteiger partial charge in [-0.2, -0.15) is 0 Å². The molecule has 0 radical (unpaired) electrons. The molecule has 0 unspecified atom stereocenters. The zero-order valence-corrected chi connectivity index (χ0v) is 9.62. The van der Waals surface area contributed by atoms with Gasteiger partial charge >= 0.3 is 5.97 Å². The minimum atomic E-state index is -1.18. The Morgan fingerprint density at radius 3 is 2.88 bits per heavy atom. The molecule has 0 fully saturated rings. The second kappa shape index (κ2) is 4.50. The Bertz CT molecular complexity index is 606. The second-order valence-electron chi connectivity index (χ2n) is 3.22. The molecule has 88 valence electrons. The average Bonchev–Trinajstić information content (AvgIpc) is 2.67. The number of halogens is 1. The Kier molecular flexibility index (Phi) is 3.06. The molecule has 0 bridgehead atoms. The molecule has 0 atom stereocenters. The van der Waals surface area contributed by atoms with Crippen LogP contribution in [0.4, 0.5) is 4.39 Å². The van der Waals surface area contributed by atoms with E-state index in [9.17, 15) is 9.18 Å². The van der Waals surface area contributed by atoms with E-state index in [2.05, 4.69) is 9.99 Å². The van der Waals surface area contributed by atoms with Crippen molar-refractivity contribution in [1.82, 2.24) is 0 Å². The van der Waals surface area contributed by atoms with Gasteiger partial charge < -0.3 is 9.94 Å². The summed E-state index contributed by atoms with van der Waals surface area (Å²) in [6, 6.07) is 5.86. The number of thiophene rings is 1. The van der Waals surface area contributed by atoms with Gasteiger partial charge in [0.25, 0.3) is 0 Å². The zero-order valence-electron chi connectivity index (χ0n) is 8.81. The molecule has 17 heavy (non-hydrogen) atoms. The van der Waals surface area contributed by atoms with Crippen molar-refractivity contribution in [2.75, 3.05) is 7.11 Å². The first-order valence-electron chi connectivity index (χ1n) is 4.65. The Balaban J connectivity index is 2.55. The second-order valence-corrected chi connectivity index (χ2v) is 4.30. The van der Waals surface area contributed by atoms with Gasteiger partial charge in [0.15, 0.2) is 0 Å². The van der Waals surface area contributed by atoms with Gasteiger partial charge in [-0.15, -0.1) is 11.3 Å². The summed E-state index contributed by atoms with van der Waals surface area (Å²) in [6.07, 6.45) is 0. The number of carboxylic acid groups (broad SMARTS) is 1. The van der Waals surface area contributed by atoms with E-state index in [4.69, 9.17) is 5.11 Å². The number of benzene rings is 1. The van der Waals surface area contributed by atoms with Crippen LogP contribution in [0.15, 0.2) is 29.4 Å². The number of hydrogen-bond acceptors (Lipinski definition) is 4. The van der Waals surface area contributed by atoms with Gasteiger partial charge in [-0.3, -0.25) is 0 Å². The minimum Gasteiger partial charge on any atom is -0.476 e. The van der Waals surface area contributed by atoms with Crippen LogP contribution in [0.3, 0.4) is 0 Å². The highest BCUT2D eigenvalue weighted by Gasteiger charge is 2.16. The lowest BCUT2D eigenvalue weighted by Gasteiger charge is -1.94. The lowest BCUT2D eigenvalue weighted by Crippen LogP contribution is -2.13. The molecular weight excluding hydrogens is 245 g/mol. The van der Waals surface area contributed by atoms with Crippen molar-refractivity contribution < 1.29 is 19.1 Å². The molecule has 1 aromatic carbocycles. The van der Waals surface area contributed by atoms with Crippen molar-refractivity contribution in [1.29, 1.82) is 0 Å². The van der Waals surface area contributed by atoms with E-state index >= 15 is 0 Å². The summed E-state index contributed by atoms with van der Waals surface area (Å²) in [6.45, 7) is 0. The summed E-state index contributed by atoms with van der Waals surface area (Å²) < 4.78 is 13.8. The predicted octanol–water partition coefficient (Wildman–Crippen LogP) is 2.48. The molecule has 0 spiro atoms. The van der Waals surface area contributed by atoms with Crippen LogP contribution in [0.25, 0.3) is 10.1 Å². The maximum atomic E-state index is 13.0. The smallest absolute Gasteiger partial charge is 0.359 e. The lowest BCUT2D eigenvalue weighted by atomic mass is 10.2. The molecule has 0 amide bonds. The molecule has 0 aliphatic heterocycles. The van der Waals surface area contributed by atoms with E-state index in [1.165, 1.54) is 30.6 Å². The first-order chi connectivity index (χ1) is 8.11. The molecule has 0 saturated heterocycles. The molecule has 2 rings (SSSR count). The lowest BCUT2D eigenvalue weighted by molar-refractivity contribution is -0.129. The van der Waals surface area contributed by atoms with Gasteiger partial charge in [0.2, 0.25) is 5.71 Å². The highest BCUT2D eigenvalue weighted by Crippen LogP contribution is 2.26. The number of rotatable bonds is 3. The monoisotopic (exact) mass is 253 g/mol. The molecule has 0 aliphatic rings. The maximum absolute atomic E-state index is 13.0. The van der Waals surface area contributed by atoms with Crippen molar-refractivity contribution >= 4 is 33.1 Å². The summed E-state index contributed by atoms with van der Waals surface area (Å²) in [4.78, 5) is 15.9. The predicted molar refractivity (Wildman–Crippen MR) is 63.0 cm³/mol. The topological polar surface area (TPSA) is 58.9 Å². The van der Waals surface area contributed by atoms with Gasteiger partial charge in [-0.1, -0.05) is 5.16 Å². The number of nitrogens with zero attached hydrogens (tertiary/aromatic N) is 1. The number of aliphatic carboxylic acids is 1. The number of hydrogen-bond donors (Lipinski definition) is 1. The van der Waals surface area contributed by atoms with E-state index < -0.39 is 5.97 Å². The van der Waals surface area contributed by atoms with Crippen LogP contribution < -0.4 is 0 Å². The van der Waals surface area contributed by atoms with Gasteiger partial charge in [0, 0.05) is 4.70 Å². The van der Waals surface area contributed by atoms with E-state index in [-0.39, 0.29) is 11.5 Å². The van der Waals surface area contributed by atoms with Crippen LogP contribution in [0.5, 0.6) is 0 Å². The molecule has 6 heteroatoms. The third kappa shape index (κ3) is 2.26. The molecule has 1 heterocycles. The molecule has 1 aromatic heterocycles. The largest absolute Gasteiger partial charge is 0.476 e. The average molecular weight is 253 g/mol. The molecule has 1 N–H and O–H groups in total. The minimum absolute atomic E-state index is 0.186. The van der Waals surface area contributed by atoms with E-state index in [0.717, 1.165) is 4.70 Å². The molecule has 2 aromatic rings. The summed E-state index contributed by atoms with van der Waals surface area (Å²) in [5.74, 6) is -1.54. The Morgan fingerprint density at radius 2 is 2.24 bits per heavy atom. The van der Waals surface area contributed by atoms with Crippen LogP contribution in [0.1, 0.15) is 4.88 Å². The summed E-state index contributed by atoms with van der Waals surface area (Å²) in [5, 5.41) is 13.1. The summed E-state index contributed by atoms with van der Waals surface area (Å²) in [7, 11) is 1.27. The highest BCUT2D eigenvalue weighted by atomic mass is 32.1. The highest BCUT2D eigenvalue weighted by molar-refractivity contribution is 7.21. The van der Waals surface area contributed by atoms with Crippen molar-refractivity contribution in [2.24, 2.45) is 5.16 Å². The van der Waals surface area contributed by atoms with Gasteiger partial charge in [-0.05, 0) is 29.7 Å². The number of oxime groups is 1. The van der Waals surface area contributed by atoms with Crippen molar-refractivity contribution in [3.05, 3.63) is 35.0 Å². The number of carbonyl (C=O) groups is 1. The Labute approximate surface area is 99.9 Å². The third-order valence-electron chi connectivity index (χ3n) is 2.10. The van der Waals surface area contributed by atoms with Crippen LogP contribution >= 0.6 is 11.3 Å². The first kappa shape index (κ1) is 11.5. The maximum Gasteiger partial charge on any atom is 0.359 e. The summed E-state index contributed by atoms with van der Waals surface area (Å²) in [5.41, 5.74) is -0.186. The van der Waals surface area contributed by atoms with Crippen LogP contribution in [-0.2, 0) is 9.63 Å². The summed E-state index contributed by atoms with van der Waals surface area (Å²) >= 11 is 1.22. The molecule has 4 nitrogen and oxygen atoms in total. The Morgan fingerprint density at radius 1 is 1.47 bits per heavy atom. The number of fused-ring (bicyclic) bond motifs is 1. The molecule has 0 aliphatic carbocycles. The fourth-order valence-corrected chi connectivity index (χ4v) is 2.43. The van der Waals surface area contributed by atoms with Crippen molar-refractivity contribution in [3.8, 4) is 0 Å². The van der Waals surface area contributed by atoms with Crippen LogP contribution in [-0.4, -0.2) is 23.9 Å². The van der Waals surface area contributed by atoms with Gasteiger partial charge in [0.05, 0.1) is 4.88 Å². The molecular formula is C11H8FNO3S. The normalized spacial score (nSPS) is 11.8. The van der Waals surface area contributed by atoms with Crippen LogP contribution in [0, 0.1) is 5.82 Å². The van der Waals surface area contributed by atoms with Crippen molar-refractivity contribution in [3.63, 3.8) is 0 Å². The fourth-order valence-electron chi connectivity index (χ4n) is 1.41. The Hall–Kier alpha value is -1.95. The van der Waals surface area contributed by atoms with E-state index in [1.807, 2.05) is 0 Å². The van der Waals surface area contributed by atoms with Gasteiger partial charge in [-0.25, -0.2) is 9.18 Å².